The van der Waals surface area contributed by atoms with Gasteiger partial charge in [-0.15, -0.1) is 0 Å². The second-order valence-corrected chi connectivity index (χ2v) is 18.4. The minimum absolute atomic E-state index is 0.370. The molecule has 366 valence electrons. The molecule has 14 aromatic rings. The highest BCUT2D eigenvalue weighted by Gasteiger charge is 2.29. The largest absolute Gasteiger partial charge is 0.457 e. The molecule has 77 heavy (non-hydrogen) atoms. The van der Waals surface area contributed by atoms with Gasteiger partial charge in [0.1, 0.15) is 51.5 Å². The number of aromatic nitrogens is 6. The van der Waals surface area contributed by atoms with Crippen LogP contribution in [-0.2, 0) is 0 Å². The molecule has 0 radical (unpaired) electrons. The van der Waals surface area contributed by atoms with Gasteiger partial charge in [0, 0.05) is 45.4 Å². The molecule has 10 heteroatoms. The predicted octanol–water partition coefficient (Wildman–Crippen LogP) is 17.4. The van der Waals surface area contributed by atoms with Crippen molar-refractivity contribution in [2.45, 2.75) is 0 Å². The van der Waals surface area contributed by atoms with Gasteiger partial charge in [-0.05, 0) is 109 Å². The number of para-hydroxylation sites is 8. The number of fused-ring (bicyclic) bond motifs is 7. The van der Waals surface area contributed by atoms with Crippen molar-refractivity contribution in [2.24, 2.45) is 0 Å². The van der Waals surface area contributed by atoms with Crippen LogP contribution in [0.5, 0.6) is 46.0 Å². The summed E-state index contributed by atoms with van der Waals surface area (Å²) in [6, 6.07) is 88.4. The van der Waals surface area contributed by atoms with E-state index in [1.807, 2.05) is 164 Å². The lowest BCUT2D eigenvalue weighted by Gasteiger charge is -2.15. The molecule has 10 nitrogen and oxygen atoms in total. The molecule has 0 spiro atoms. The first-order chi connectivity index (χ1) is 38.1. The van der Waals surface area contributed by atoms with Crippen molar-refractivity contribution in [2.75, 3.05) is 0 Å². The second kappa shape index (κ2) is 19.3. The molecule has 0 bridgehead atoms. The van der Waals surface area contributed by atoms with E-state index in [1.54, 1.807) is 0 Å². The SMILES string of the molecule is c1ccc(Oc2cc(Oc3ccccc3)cc(-c3nc(-c4cc(Oc5ccccc5)cc(Oc5ccccc5)c4)nc(-n4c5ccccc5c5c4c4c(c6ccccc6n4-c4ccccc4)n5-c4ccccc4)n3)c2)cc1. The van der Waals surface area contributed by atoms with Crippen molar-refractivity contribution in [3.8, 4) is 86.1 Å². The Balaban J connectivity index is 1.08. The molecule has 0 aliphatic rings. The Bertz CT molecular complexity index is 4160. The highest BCUT2D eigenvalue weighted by molar-refractivity contribution is 6.25. The quantitative estimate of drug-likeness (QED) is 0.114. The van der Waals surface area contributed by atoms with Crippen molar-refractivity contribution in [3.05, 3.63) is 267 Å². The predicted molar refractivity (Wildman–Crippen MR) is 305 cm³/mol. The van der Waals surface area contributed by atoms with Crippen molar-refractivity contribution in [3.63, 3.8) is 0 Å². The van der Waals surface area contributed by atoms with E-state index >= 15 is 0 Å². The molecule has 0 N–H and O–H groups in total. The molecule has 0 amide bonds. The number of hydrogen-bond donors (Lipinski definition) is 0. The first-order valence-corrected chi connectivity index (χ1v) is 25.3. The summed E-state index contributed by atoms with van der Waals surface area (Å²) in [6.45, 7) is 0. The summed E-state index contributed by atoms with van der Waals surface area (Å²) in [4.78, 5) is 16.5. The molecule has 10 aromatic carbocycles. The van der Waals surface area contributed by atoms with Crippen LogP contribution in [0.1, 0.15) is 0 Å². The molecular weight excluding hydrogens is 953 g/mol. The highest BCUT2D eigenvalue weighted by atomic mass is 16.5. The number of rotatable bonds is 13. The van der Waals surface area contributed by atoms with Gasteiger partial charge in [-0.25, -0.2) is 4.98 Å². The maximum atomic E-state index is 6.58. The Kier molecular flexibility index (Phi) is 11.3. The number of benzene rings is 10. The summed E-state index contributed by atoms with van der Waals surface area (Å²) in [6.07, 6.45) is 0. The topological polar surface area (TPSA) is 90.4 Å². The smallest absolute Gasteiger partial charge is 0.238 e. The van der Waals surface area contributed by atoms with Gasteiger partial charge in [0.2, 0.25) is 5.95 Å². The molecule has 14 rings (SSSR count). The van der Waals surface area contributed by atoms with Crippen LogP contribution in [-0.4, -0.2) is 28.7 Å². The summed E-state index contributed by atoms with van der Waals surface area (Å²) in [5.74, 6) is 5.89. The summed E-state index contributed by atoms with van der Waals surface area (Å²) in [7, 11) is 0. The summed E-state index contributed by atoms with van der Waals surface area (Å²) < 4.78 is 33.3. The van der Waals surface area contributed by atoms with Gasteiger partial charge >= 0.3 is 0 Å². The zero-order valence-corrected chi connectivity index (χ0v) is 41.2. The number of nitrogens with zero attached hydrogens (tertiary/aromatic N) is 6. The van der Waals surface area contributed by atoms with E-state index in [0.29, 0.717) is 74.7 Å². The Morgan fingerprint density at radius 2 is 0.558 bits per heavy atom. The number of hydrogen-bond acceptors (Lipinski definition) is 7. The van der Waals surface area contributed by atoms with E-state index in [-0.39, 0.29) is 0 Å². The van der Waals surface area contributed by atoms with Gasteiger partial charge in [-0.1, -0.05) is 146 Å². The van der Waals surface area contributed by atoms with E-state index in [0.717, 1.165) is 55.2 Å². The number of ether oxygens (including phenoxy) is 4. The fraction of sp³-hybridized carbons (Fsp3) is 0. The molecule has 0 atom stereocenters. The summed E-state index contributed by atoms with van der Waals surface area (Å²) in [5.41, 5.74) is 9.22. The van der Waals surface area contributed by atoms with Crippen LogP contribution in [0.3, 0.4) is 0 Å². The van der Waals surface area contributed by atoms with Gasteiger partial charge in [-0.2, -0.15) is 9.97 Å². The van der Waals surface area contributed by atoms with Crippen LogP contribution in [0, 0.1) is 0 Å². The molecular formula is C67H44N6O4. The zero-order chi connectivity index (χ0) is 51.1. The van der Waals surface area contributed by atoms with Gasteiger partial charge in [0.25, 0.3) is 0 Å². The Morgan fingerprint density at radius 1 is 0.247 bits per heavy atom. The van der Waals surface area contributed by atoms with E-state index in [2.05, 4.69) is 117 Å². The van der Waals surface area contributed by atoms with Crippen LogP contribution in [0.15, 0.2) is 267 Å². The maximum Gasteiger partial charge on any atom is 0.238 e. The van der Waals surface area contributed by atoms with Crippen molar-refractivity contribution in [1.29, 1.82) is 0 Å². The normalized spacial score (nSPS) is 11.4. The molecule has 4 aromatic heterocycles. The molecule has 0 saturated carbocycles. The fourth-order valence-corrected chi connectivity index (χ4v) is 10.2. The monoisotopic (exact) mass is 996 g/mol. The Morgan fingerprint density at radius 3 is 0.948 bits per heavy atom. The minimum Gasteiger partial charge on any atom is -0.457 e. The van der Waals surface area contributed by atoms with E-state index in [4.69, 9.17) is 33.9 Å². The average Bonchev–Trinajstić information content (AvgIpc) is 4.29. The van der Waals surface area contributed by atoms with Gasteiger partial charge in [0.15, 0.2) is 11.6 Å². The highest BCUT2D eigenvalue weighted by Crippen LogP contribution is 2.46. The van der Waals surface area contributed by atoms with Crippen LogP contribution < -0.4 is 18.9 Å². The third kappa shape index (κ3) is 8.51. The molecule has 0 saturated heterocycles. The molecule has 0 aliphatic carbocycles. The molecule has 0 aliphatic heterocycles. The van der Waals surface area contributed by atoms with Gasteiger partial charge < -0.3 is 28.1 Å². The first kappa shape index (κ1) is 44.9. The maximum absolute atomic E-state index is 6.58. The van der Waals surface area contributed by atoms with Crippen molar-refractivity contribution in [1.82, 2.24) is 28.7 Å². The third-order valence-corrected chi connectivity index (χ3v) is 13.4. The Hall–Kier alpha value is -10.7. The fourth-order valence-electron chi connectivity index (χ4n) is 10.2. The average molecular weight is 997 g/mol. The van der Waals surface area contributed by atoms with Crippen LogP contribution in [0.2, 0.25) is 0 Å². The second-order valence-electron chi connectivity index (χ2n) is 18.4. The zero-order valence-electron chi connectivity index (χ0n) is 41.2. The van der Waals surface area contributed by atoms with E-state index in [9.17, 15) is 0 Å². The summed E-state index contributed by atoms with van der Waals surface area (Å²) >= 11 is 0. The van der Waals surface area contributed by atoms with Crippen molar-refractivity contribution < 1.29 is 18.9 Å². The first-order valence-electron chi connectivity index (χ1n) is 25.3. The van der Waals surface area contributed by atoms with Crippen LogP contribution in [0.4, 0.5) is 0 Å². The molecule has 0 fully saturated rings. The van der Waals surface area contributed by atoms with E-state index < -0.39 is 0 Å². The standard InChI is InChI=1S/C67H44N6O4/c1-7-23-47(24-8-1)71-59-37-21-19-35-57(59)61-63(71)64-62(72(61)48-25-9-2-10-26-48)58-36-20-22-38-60(58)73(64)67-69-65(45-39-53(74-49-27-11-3-12-28-49)43-54(40-45)75-50-29-13-4-14-30-50)68-66(70-67)46-41-55(76-51-31-15-5-16-32-51)44-56(42-46)77-52-33-17-6-18-34-52/h1-44H. The third-order valence-electron chi connectivity index (χ3n) is 13.4. The lowest BCUT2D eigenvalue weighted by Crippen LogP contribution is -2.07. The molecule has 4 heterocycles. The van der Waals surface area contributed by atoms with Gasteiger partial charge in [0.05, 0.1) is 27.6 Å². The van der Waals surface area contributed by atoms with E-state index in [1.165, 1.54) is 0 Å². The minimum atomic E-state index is 0.370. The van der Waals surface area contributed by atoms with Crippen molar-refractivity contribution >= 4 is 43.9 Å². The lowest BCUT2D eigenvalue weighted by molar-refractivity contribution is 0.460. The lowest BCUT2D eigenvalue weighted by atomic mass is 10.1. The Labute approximate surface area is 442 Å². The summed E-state index contributed by atoms with van der Waals surface area (Å²) in [5, 5.41) is 2.12. The molecule has 0 unspecified atom stereocenters. The van der Waals surface area contributed by atoms with Gasteiger partial charge in [-0.3, -0.25) is 4.57 Å². The van der Waals surface area contributed by atoms with Crippen LogP contribution in [0.25, 0.3) is 84.0 Å². The van der Waals surface area contributed by atoms with Crippen LogP contribution >= 0.6 is 0 Å².